The van der Waals surface area contributed by atoms with Crippen molar-refractivity contribution in [2.75, 3.05) is 6.54 Å². The average Bonchev–Trinajstić information content (AvgIpc) is 2.80. The molecule has 1 aromatic rings. The molecule has 1 aromatic heterocycles. The summed E-state index contributed by atoms with van der Waals surface area (Å²) in [4.78, 5) is 30.7. The lowest BCUT2D eigenvalue weighted by molar-refractivity contribution is -0.129. The van der Waals surface area contributed by atoms with Gasteiger partial charge in [0.2, 0.25) is 5.91 Å². The van der Waals surface area contributed by atoms with Crippen LogP contribution in [0, 0.1) is 5.41 Å². The molecule has 3 N–H and O–H groups in total. The first-order valence-electron chi connectivity index (χ1n) is 8.80. The highest BCUT2D eigenvalue weighted by Gasteiger charge is 2.47. The number of likely N-dealkylation sites (tertiary alicyclic amines) is 1. The van der Waals surface area contributed by atoms with Crippen LogP contribution in [0.2, 0.25) is 0 Å². The zero-order chi connectivity index (χ0) is 19.7. The Hall–Kier alpha value is -1.99. The number of amides is 2. The van der Waals surface area contributed by atoms with Crippen LogP contribution in [-0.4, -0.2) is 62.2 Å². The van der Waals surface area contributed by atoms with Gasteiger partial charge in [-0.25, -0.2) is 0 Å². The fourth-order valence-electron chi connectivity index (χ4n) is 3.76. The second-order valence-electron chi connectivity index (χ2n) is 8.81. The standard InChI is InChI=1S/C19H29N3O4/c1-18(2,3)11-19(4,5)21-16(25)14-15(24)13(23)10-22(14)17(26)12-7-6-8-20-9-12/h6-9,13-15,23-24H,10-11H2,1-5H3,(H,21,25)/t13-,14?,15+/m0/s1. The predicted octanol–water partition coefficient (Wildman–Crippen LogP) is 0.959. The average molecular weight is 363 g/mol. The van der Waals surface area contributed by atoms with Crippen LogP contribution in [0.1, 0.15) is 51.4 Å². The van der Waals surface area contributed by atoms with Gasteiger partial charge in [-0.3, -0.25) is 14.6 Å². The summed E-state index contributed by atoms with van der Waals surface area (Å²) in [5.74, 6) is -0.914. The van der Waals surface area contributed by atoms with E-state index < -0.39 is 35.6 Å². The smallest absolute Gasteiger partial charge is 0.256 e. The van der Waals surface area contributed by atoms with Crippen LogP contribution < -0.4 is 5.32 Å². The third-order valence-electron chi connectivity index (χ3n) is 4.31. The number of carbonyl (C=O) groups excluding carboxylic acids is 2. The fraction of sp³-hybridized carbons (Fsp3) is 0.632. The molecule has 0 aliphatic carbocycles. The number of carbonyl (C=O) groups is 2. The molecule has 0 radical (unpaired) electrons. The minimum atomic E-state index is -1.33. The molecule has 0 saturated carbocycles. The molecule has 0 spiro atoms. The van der Waals surface area contributed by atoms with Crippen molar-refractivity contribution < 1.29 is 19.8 Å². The Morgan fingerprint density at radius 3 is 2.46 bits per heavy atom. The van der Waals surface area contributed by atoms with Gasteiger partial charge < -0.3 is 20.4 Å². The summed E-state index contributed by atoms with van der Waals surface area (Å²) in [5, 5.41) is 23.3. The van der Waals surface area contributed by atoms with E-state index in [-0.39, 0.29) is 12.0 Å². The molecule has 0 aromatic carbocycles. The Bertz CT molecular complexity index is 654. The molecule has 1 saturated heterocycles. The van der Waals surface area contributed by atoms with Crippen LogP contribution in [0.5, 0.6) is 0 Å². The number of nitrogens with one attached hydrogen (secondary N) is 1. The van der Waals surface area contributed by atoms with Crippen LogP contribution in [0.4, 0.5) is 0 Å². The van der Waals surface area contributed by atoms with E-state index in [9.17, 15) is 19.8 Å². The number of aliphatic hydroxyl groups excluding tert-OH is 2. The Kier molecular flexibility index (Phi) is 5.73. The van der Waals surface area contributed by atoms with E-state index >= 15 is 0 Å². The second kappa shape index (κ2) is 7.32. The number of nitrogens with zero attached hydrogens (tertiary/aromatic N) is 2. The molecule has 1 aliphatic rings. The monoisotopic (exact) mass is 363 g/mol. The van der Waals surface area contributed by atoms with Crippen LogP contribution in [-0.2, 0) is 4.79 Å². The summed E-state index contributed by atoms with van der Waals surface area (Å²) in [6, 6.07) is 2.07. The normalized spacial score (nSPS) is 23.8. The molecule has 0 bridgehead atoms. The summed E-state index contributed by atoms with van der Waals surface area (Å²) in [6.45, 7) is 9.93. The summed E-state index contributed by atoms with van der Waals surface area (Å²) >= 11 is 0. The molecule has 1 unspecified atom stereocenters. The Morgan fingerprint density at radius 2 is 1.92 bits per heavy atom. The van der Waals surface area contributed by atoms with Crippen molar-refractivity contribution in [2.24, 2.45) is 5.41 Å². The van der Waals surface area contributed by atoms with Gasteiger partial charge in [0.25, 0.3) is 5.91 Å². The van der Waals surface area contributed by atoms with Gasteiger partial charge in [0, 0.05) is 17.9 Å². The van der Waals surface area contributed by atoms with Gasteiger partial charge in [-0.05, 0) is 37.8 Å². The van der Waals surface area contributed by atoms with Crippen molar-refractivity contribution in [2.45, 2.75) is 64.8 Å². The SMILES string of the molecule is CC(C)(C)CC(C)(C)NC(=O)C1[C@H](O)[C@@H](O)CN1C(=O)c1cccnc1. The molecule has 1 fully saturated rings. The number of rotatable bonds is 4. The first-order valence-corrected chi connectivity index (χ1v) is 8.80. The molecule has 144 valence electrons. The van der Waals surface area contributed by atoms with Crippen molar-refractivity contribution in [1.82, 2.24) is 15.2 Å². The number of pyridine rings is 1. The van der Waals surface area contributed by atoms with E-state index in [0.717, 1.165) is 0 Å². The number of hydrogen-bond donors (Lipinski definition) is 3. The summed E-state index contributed by atoms with van der Waals surface area (Å²) in [7, 11) is 0. The van der Waals surface area contributed by atoms with Gasteiger partial charge in [0.05, 0.1) is 12.1 Å². The fourth-order valence-corrected chi connectivity index (χ4v) is 3.76. The van der Waals surface area contributed by atoms with E-state index in [2.05, 4.69) is 31.1 Å². The van der Waals surface area contributed by atoms with Crippen LogP contribution in [0.3, 0.4) is 0 Å². The number of aromatic nitrogens is 1. The largest absolute Gasteiger partial charge is 0.388 e. The van der Waals surface area contributed by atoms with E-state index in [1.54, 1.807) is 18.3 Å². The van der Waals surface area contributed by atoms with Crippen molar-refractivity contribution in [3.8, 4) is 0 Å². The highest BCUT2D eigenvalue weighted by molar-refractivity contribution is 5.98. The van der Waals surface area contributed by atoms with Gasteiger partial charge >= 0.3 is 0 Å². The predicted molar refractivity (Wildman–Crippen MR) is 97.4 cm³/mol. The van der Waals surface area contributed by atoms with E-state index in [4.69, 9.17) is 0 Å². The van der Waals surface area contributed by atoms with E-state index in [1.807, 2.05) is 13.8 Å². The first kappa shape index (κ1) is 20.3. The third-order valence-corrected chi connectivity index (χ3v) is 4.31. The first-order chi connectivity index (χ1) is 11.9. The summed E-state index contributed by atoms with van der Waals surface area (Å²) in [5.41, 5.74) is -0.220. The summed E-state index contributed by atoms with van der Waals surface area (Å²) < 4.78 is 0. The van der Waals surface area contributed by atoms with Gasteiger partial charge in [-0.2, -0.15) is 0 Å². The van der Waals surface area contributed by atoms with Crippen molar-refractivity contribution in [3.63, 3.8) is 0 Å². The minimum absolute atomic E-state index is 0.00417. The highest BCUT2D eigenvalue weighted by atomic mass is 16.3. The van der Waals surface area contributed by atoms with Crippen LogP contribution >= 0.6 is 0 Å². The molecule has 7 nitrogen and oxygen atoms in total. The summed E-state index contributed by atoms with van der Waals surface area (Å²) in [6.07, 6.45) is 1.16. The van der Waals surface area contributed by atoms with Crippen molar-refractivity contribution in [3.05, 3.63) is 30.1 Å². The number of hydrogen-bond acceptors (Lipinski definition) is 5. The molecule has 2 amide bonds. The van der Waals surface area contributed by atoms with Crippen molar-refractivity contribution in [1.29, 1.82) is 0 Å². The van der Waals surface area contributed by atoms with Crippen LogP contribution in [0.25, 0.3) is 0 Å². The zero-order valence-corrected chi connectivity index (χ0v) is 16.1. The molecule has 7 heteroatoms. The molecular formula is C19H29N3O4. The molecule has 2 rings (SSSR count). The lowest BCUT2D eigenvalue weighted by atomic mass is 9.81. The highest BCUT2D eigenvalue weighted by Crippen LogP contribution is 2.28. The van der Waals surface area contributed by atoms with Gasteiger partial charge in [-0.1, -0.05) is 20.8 Å². The maximum atomic E-state index is 12.9. The van der Waals surface area contributed by atoms with Gasteiger partial charge in [0.1, 0.15) is 18.2 Å². The second-order valence-corrected chi connectivity index (χ2v) is 8.81. The van der Waals surface area contributed by atoms with Crippen molar-refractivity contribution >= 4 is 11.8 Å². The quantitative estimate of drug-likeness (QED) is 0.739. The van der Waals surface area contributed by atoms with E-state index in [0.29, 0.717) is 12.0 Å². The lowest BCUT2D eigenvalue weighted by Crippen LogP contribution is -2.56. The Balaban J connectivity index is 2.21. The maximum absolute atomic E-state index is 12.9. The molecule has 26 heavy (non-hydrogen) atoms. The van der Waals surface area contributed by atoms with Gasteiger partial charge in [0.15, 0.2) is 0 Å². The molecule has 3 atom stereocenters. The molecular weight excluding hydrogens is 334 g/mol. The molecule has 2 heterocycles. The molecule has 1 aliphatic heterocycles. The maximum Gasteiger partial charge on any atom is 0.256 e. The Morgan fingerprint density at radius 1 is 1.27 bits per heavy atom. The number of β-amino-alcohol motifs (C(OH)–C–C–N with tert-alkyl or cyclic N) is 1. The minimum Gasteiger partial charge on any atom is -0.388 e. The topological polar surface area (TPSA) is 103 Å². The number of aliphatic hydroxyl groups is 2. The third kappa shape index (κ3) is 4.80. The Labute approximate surface area is 154 Å². The van der Waals surface area contributed by atoms with Gasteiger partial charge in [-0.15, -0.1) is 0 Å². The zero-order valence-electron chi connectivity index (χ0n) is 16.1. The van der Waals surface area contributed by atoms with E-state index in [1.165, 1.54) is 11.1 Å². The van der Waals surface area contributed by atoms with Crippen LogP contribution in [0.15, 0.2) is 24.5 Å². The lowest BCUT2D eigenvalue weighted by Gasteiger charge is -2.35.